The van der Waals surface area contributed by atoms with Crippen molar-refractivity contribution in [2.75, 3.05) is 0 Å². The number of carboxylic acid groups (broad SMARTS) is 1. The second-order valence-electron chi connectivity index (χ2n) is 4.53. The largest absolute Gasteiger partial charge is 0.487 e. The lowest BCUT2D eigenvalue weighted by molar-refractivity contribution is 0.0696. The molecule has 2 aromatic heterocycles. The van der Waals surface area contributed by atoms with Gasteiger partial charge in [0.25, 0.3) is 0 Å². The molecule has 21 heavy (non-hydrogen) atoms. The van der Waals surface area contributed by atoms with E-state index in [1.54, 1.807) is 6.20 Å². The van der Waals surface area contributed by atoms with Crippen LogP contribution in [0, 0.1) is 0 Å². The number of benzene rings is 1. The SMILES string of the molecule is O=C(O)c1cncc(OCc2ccc3ncccc3c2)c1. The minimum atomic E-state index is -1.02. The topological polar surface area (TPSA) is 72.3 Å². The maximum atomic E-state index is 10.9. The molecule has 1 aromatic carbocycles. The summed E-state index contributed by atoms with van der Waals surface area (Å²) < 4.78 is 5.59. The molecule has 0 radical (unpaired) electrons. The summed E-state index contributed by atoms with van der Waals surface area (Å²) in [4.78, 5) is 19.0. The number of fused-ring (bicyclic) bond motifs is 1. The van der Waals surface area contributed by atoms with Crippen molar-refractivity contribution in [2.45, 2.75) is 6.61 Å². The maximum Gasteiger partial charge on any atom is 0.337 e. The highest BCUT2D eigenvalue weighted by Crippen LogP contribution is 2.17. The molecule has 0 fully saturated rings. The van der Waals surface area contributed by atoms with Gasteiger partial charge in [0.2, 0.25) is 0 Å². The zero-order valence-electron chi connectivity index (χ0n) is 11.1. The normalized spacial score (nSPS) is 10.5. The molecule has 5 heteroatoms. The highest BCUT2D eigenvalue weighted by atomic mass is 16.5. The van der Waals surface area contributed by atoms with E-state index in [4.69, 9.17) is 9.84 Å². The second-order valence-corrected chi connectivity index (χ2v) is 4.53. The minimum Gasteiger partial charge on any atom is -0.487 e. The van der Waals surface area contributed by atoms with Crippen LogP contribution in [-0.2, 0) is 6.61 Å². The van der Waals surface area contributed by atoms with Gasteiger partial charge >= 0.3 is 5.97 Å². The summed E-state index contributed by atoms with van der Waals surface area (Å²) in [6.45, 7) is 0.343. The van der Waals surface area contributed by atoms with Gasteiger partial charge in [-0.3, -0.25) is 9.97 Å². The van der Waals surface area contributed by atoms with E-state index >= 15 is 0 Å². The van der Waals surface area contributed by atoms with E-state index in [1.165, 1.54) is 18.5 Å². The van der Waals surface area contributed by atoms with Gasteiger partial charge in [-0.15, -0.1) is 0 Å². The van der Waals surface area contributed by atoms with Crippen molar-refractivity contribution >= 4 is 16.9 Å². The smallest absolute Gasteiger partial charge is 0.337 e. The summed E-state index contributed by atoms with van der Waals surface area (Å²) in [5.41, 5.74) is 2.02. The van der Waals surface area contributed by atoms with E-state index in [-0.39, 0.29) is 5.56 Å². The summed E-state index contributed by atoms with van der Waals surface area (Å²) in [5.74, 6) is -0.592. The van der Waals surface area contributed by atoms with Crippen LogP contribution in [0.2, 0.25) is 0 Å². The molecule has 104 valence electrons. The lowest BCUT2D eigenvalue weighted by Crippen LogP contribution is -2.00. The number of aromatic nitrogens is 2. The Hall–Kier alpha value is -2.95. The molecule has 0 atom stereocenters. The summed E-state index contributed by atoms with van der Waals surface area (Å²) >= 11 is 0. The van der Waals surface area contributed by atoms with Gasteiger partial charge in [0.1, 0.15) is 12.4 Å². The van der Waals surface area contributed by atoms with Crippen LogP contribution >= 0.6 is 0 Å². The van der Waals surface area contributed by atoms with Crippen molar-refractivity contribution in [1.82, 2.24) is 9.97 Å². The summed E-state index contributed by atoms with van der Waals surface area (Å²) in [6, 6.07) is 11.2. The molecule has 3 aromatic rings. The zero-order valence-corrected chi connectivity index (χ0v) is 11.1. The number of pyridine rings is 2. The summed E-state index contributed by atoms with van der Waals surface area (Å²) in [6.07, 6.45) is 4.54. The van der Waals surface area contributed by atoms with Crippen LogP contribution in [-0.4, -0.2) is 21.0 Å². The fraction of sp³-hybridized carbons (Fsp3) is 0.0625. The third kappa shape index (κ3) is 2.97. The fourth-order valence-corrected chi connectivity index (χ4v) is 2.00. The maximum absolute atomic E-state index is 10.9. The standard InChI is InChI=1S/C16H12N2O3/c19-16(20)13-7-14(9-17-8-13)21-10-11-3-4-15-12(6-11)2-1-5-18-15/h1-9H,10H2,(H,19,20). The van der Waals surface area contributed by atoms with Gasteiger partial charge in [-0.05, 0) is 29.8 Å². The minimum absolute atomic E-state index is 0.107. The second kappa shape index (κ2) is 5.58. The van der Waals surface area contributed by atoms with E-state index in [1.807, 2.05) is 30.3 Å². The van der Waals surface area contributed by atoms with Crippen LogP contribution in [0.3, 0.4) is 0 Å². The molecule has 2 heterocycles. The Morgan fingerprint density at radius 1 is 1.19 bits per heavy atom. The van der Waals surface area contributed by atoms with Crippen molar-refractivity contribution in [1.29, 1.82) is 0 Å². The Balaban J connectivity index is 1.77. The predicted molar refractivity (Wildman–Crippen MR) is 77.3 cm³/mol. The van der Waals surface area contributed by atoms with Crippen molar-refractivity contribution in [3.63, 3.8) is 0 Å². The average molecular weight is 280 g/mol. The molecule has 0 spiro atoms. The molecule has 0 saturated heterocycles. The molecule has 3 rings (SSSR count). The van der Waals surface area contributed by atoms with Crippen molar-refractivity contribution < 1.29 is 14.6 Å². The van der Waals surface area contributed by atoms with Gasteiger partial charge in [-0.25, -0.2) is 4.79 Å². The van der Waals surface area contributed by atoms with Crippen molar-refractivity contribution in [3.8, 4) is 5.75 Å². The first-order valence-electron chi connectivity index (χ1n) is 6.37. The van der Waals surface area contributed by atoms with Gasteiger partial charge in [0, 0.05) is 17.8 Å². The predicted octanol–water partition coefficient (Wildman–Crippen LogP) is 2.91. The number of nitrogens with zero attached hydrogens (tertiary/aromatic N) is 2. The Morgan fingerprint density at radius 3 is 2.95 bits per heavy atom. The number of carboxylic acids is 1. The highest BCUT2D eigenvalue weighted by molar-refractivity contribution is 5.87. The number of ether oxygens (including phenoxy) is 1. The molecule has 1 N–H and O–H groups in total. The molecule has 0 bridgehead atoms. The quantitative estimate of drug-likeness (QED) is 0.795. The number of rotatable bonds is 4. The molecule has 5 nitrogen and oxygen atoms in total. The van der Waals surface area contributed by atoms with E-state index < -0.39 is 5.97 Å². The summed E-state index contributed by atoms with van der Waals surface area (Å²) in [5, 5.41) is 9.95. The van der Waals surface area contributed by atoms with Gasteiger partial charge < -0.3 is 9.84 Å². The third-order valence-corrected chi connectivity index (χ3v) is 3.03. The molecule has 0 unspecified atom stereocenters. The Morgan fingerprint density at radius 2 is 2.10 bits per heavy atom. The first kappa shape index (κ1) is 13.1. The molecule has 0 aliphatic carbocycles. The first-order valence-corrected chi connectivity index (χ1v) is 6.37. The first-order chi connectivity index (χ1) is 10.2. The molecular weight excluding hydrogens is 268 g/mol. The van der Waals surface area contributed by atoms with Gasteiger partial charge in [-0.1, -0.05) is 12.1 Å². The van der Waals surface area contributed by atoms with Crippen molar-refractivity contribution in [3.05, 3.63) is 66.1 Å². The van der Waals surface area contributed by atoms with E-state index in [9.17, 15) is 4.79 Å². The van der Waals surface area contributed by atoms with Crippen LogP contribution in [0.4, 0.5) is 0 Å². The van der Waals surface area contributed by atoms with Crippen LogP contribution < -0.4 is 4.74 Å². The lowest BCUT2D eigenvalue weighted by Gasteiger charge is -2.07. The highest BCUT2D eigenvalue weighted by Gasteiger charge is 2.05. The van der Waals surface area contributed by atoms with Gasteiger partial charge in [0.05, 0.1) is 17.3 Å². The number of hydrogen-bond acceptors (Lipinski definition) is 4. The van der Waals surface area contributed by atoms with Crippen molar-refractivity contribution in [2.24, 2.45) is 0 Å². The monoisotopic (exact) mass is 280 g/mol. The fourth-order valence-electron chi connectivity index (χ4n) is 2.00. The number of hydrogen-bond donors (Lipinski definition) is 1. The van der Waals surface area contributed by atoms with Crippen LogP contribution in [0.15, 0.2) is 55.0 Å². The zero-order chi connectivity index (χ0) is 14.7. The Kier molecular flexibility index (Phi) is 3.47. The van der Waals surface area contributed by atoms with Crippen LogP contribution in [0.1, 0.15) is 15.9 Å². The molecular formula is C16H12N2O3. The summed E-state index contributed by atoms with van der Waals surface area (Å²) in [7, 11) is 0. The third-order valence-electron chi connectivity index (χ3n) is 3.03. The Labute approximate surface area is 120 Å². The van der Waals surface area contributed by atoms with E-state index in [2.05, 4.69) is 9.97 Å². The lowest BCUT2D eigenvalue weighted by atomic mass is 10.1. The van der Waals surface area contributed by atoms with Gasteiger partial charge in [0.15, 0.2) is 0 Å². The number of aromatic carboxylic acids is 1. The van der Waals surface area contributed by atoms with Crippen LogP contribution in [0.25, 0.3) is 10.9 Å². The number of carbonyl (C=O) groups is 1. The molecule has 0 amide bonds. The molecule has 0 aliphatic rings. The van der Waals surface area contributed by atoms with E-state index in [0.717, 1.165) is 16.5 Å². The van der Waals surface area contributed by atoms with Gasteiger partial charge in [-0.2, -0.15) is 0 Å². The molecule has 0 aliphatic heterocycles. The average Bonchev–Trinajstić information content (AvgIpc) is 2.53. The van der Waals surface area contributed by atoms with Crippen LogP contribution in [0.5, 0.6) is 5.75 Å². The molecule has 0 saturated carbocycles. The van der Waals surface area contributed by atoms with E-state index in [0.29, 0.717) is 12.4 Å². The Bertz CT molecular complexity index is 802.